The normalized spacial score (nSPS) is 39.5. The Balaban J connectivity index is 2.12. The van der Waals surface area contributed by atoms with Crippen LogP contribution in [-0.4, -0.2) is 42.3 Å². The Morgan fingerprint density at radius 1 is 1.06 bits per heavy atom. The molecular formula is C12H20O5. The van der Waals surface area contributed by atoms with Gasteiger partial charge in [0.2, 0.25) is 0 Å². The number of carbonyl (C=O) groups excluding carboxylic acids is 1. The van der Waals surface area contributed by atoms with Crippen molar-refractivity contribution in [1.29, 1.82) is 0 Å². The fourth-order valence-electron chi connectivity index (χ4n) is 2.25. The summed E-state index contributed by atoms with van der Waals surface area (Å²) < 4.78 is 22.6. The summed E-state index contributed by atoms with van der Waals surface area (Å²) >= 11 is 0. The molecule has 0 bridgehead atoms. The Morgan fingerprint density at radius 2 is 1.71 bits per heavy atom. The largest absolute Gasteiger partial charge is 0.348 e. The van der Waals surface area contributed by atoms with Gasteiger partial charge in [-0.2, -0.15) is 0 Å². The maximum absolute atomic E-state index is 11.6. The first-order chi connectivity index (χ1) is 7.70. The van der Waals surface area contributed by atoms with E-state index in [9.17, 15) is 4.79 Å². The van der Waals surface area contributed by atoms with Crippen molar-refractivity contribution in [3.8, 4) is 0 Å². The Morgan fingerprint density at radius 3 is 2.18 bits per heavy atom. The van der Waals surface area contributed by atoms with Crippen molar-refractivity contribution in [2.75, 3.05) is 6.61 Å². The summed E-state index contributed by atoms with van der Waals surface area (Å²) in [6.45, 7) is 9.20. The summed E-state index contributed by atoms with van der Waals surface area (Å²) in [5, 5.41) is 0. The first kappa shape index (κ1) is 13.0. The van der Waals surface area contributed by atoms with Crippen LogP contribution in [0.15, 0.2) is 0 Å². The molecule has 2 aliphatic rings. The molecule has 3 atom stereocenters. The van der Waals surface area contributed by atoms with Crippen molar-refractivity contribution >= 4 is 5.78 Å². The summed E-state index contributed by atoms with van der Waals surface area (Å²) in [5.41, 5.74) is 0. The van der Waals surface area contributed by atoms with Gasteiger partial charge in [0.25, 0.3) is 0 Å². The van der Waals surface area contributed by atoms with Gasteiger partial charge in [0.05, 0.1) is 6.61 Å². The number of ether oxygens (including phenoxy) is 4. The molecule has 0 amide bonds. The Hall–Kier alpha value is -0.490. The van der Waals surface area contributed by atoms with Crippen LogP contribution in [0.1, 0.15) is 34.6 Å². The van der Waals surface area contributed by atoms with Crippen LogP contribution in [0.25, 0.3) is 0 Å². The second kappa shape index (κ2) is 4.02. The molecule has 2 saturated heterocycles. The average Bonchev–Trinajstić information content (AvgIpc) is 2.66. The van der Waals surface area contributed by atoms with E-state index in [0.29, 0.717) is 6.61 Å². The SMILES string of the molecule is CC(=O)[C@@H]1OC(C)(C)O[C@H]1[C@@H]1COC(C)(C)O1. The number of Topliss-reactive ketones (excluding diaryl/α,β-unsaturated/α-hetero) is 1. The smallest absolute Gasteiger partial charge is 0.164 e. The monoisotopic (exact) mass is 244 g/mol. The minimum Gasteiger partial charge on any atom is -0.348 e. The van der Waals surface area contributed by atoms with Gasteiger partial charge in [-0.15, -0.1) is 0 Å². The summed E-state index contributed by atoms with van der Waals surface area (Å²) in [4.78, 5) is 11.6. The van der Waals surface area contributed by atoms with E-state index < -0.39 is 23.8 Å². The summed E-state index contributed by atoms with van der Waals surface area (Å²) in [6.07, 6.45) is -1.24. The van der Waals surface area contributed by atoms with Gasteiger partial charge in [0.15, 0.2) is 17.4 Å². The highest BCUT2D eigenvalue weighted by molar-refractivity contribution is 5.81. The third kappa shape index (κ3) is 2.68. The van der Waals surface area contributed by atoms with Crippen molar-refractivity contribution in [3.63, 3.8) is 0 Å². The molecule has 2 aliphatic heterocycles. The molecule has 0 aliphatic carbocycles. The summed E-state index contributed by atoms with van der Waals surface area (Å²) in [7, 11) is 0. The molecule has 0 unspecified atom stereocenters. The lowest BCUT2D eigenvalue weighted by Crippen LogP contribution is -2.41. The van der Waals surface area contributed by atoms with Crippen molar-refractivity contribution in [1.82, 2.24) is 0 Å². The third-order valence-corrected chi connectivity index (χ3v) is 2.93. The first-order valence-electron chi connectivity index (χ1n) is 5.88. The molecule has 0 aromatic carbocycles. The van der Waals surface area contributed by atoms with Crippen LogP contribution in [0.3, 0.4) is 0 Å². The quantitative estimate of drug-likeness (QED) is 0.731. The van der Waals surface area contributed by atoms with Gasteiger partial charge < -0.3 is 18.9 Å². The molecule has 2 heterocycles. The number of rotatable bonds is 2. The Labute approximate surface area is 101 Å². The average molecular weight is 244 g/mol. The molecule has 98 valence electrons. The number of carbonyl (C=O) groups is 1. The van der Waals surface area contributed by atoms with Crippen LogP contribution in [0.2, 0.25) is 0 Å². The molecule has 0 spiro atoms. The highest BCUT2D eigenvalue weighted by Crippen LogP contribution is 2.35. The van der Waals surface area contributed by atoms with E-state index in [1.54, 1.807) is 13.8 Å². The van der Waals surface area contributed by atoms with E-state index in [0.717, 1.165) is 0 Å². The highest BCUT2D eigenvalue weighted by Gasteiger charge is 2.51. The van der Waals surface area contributed by atoms with E-state index in [2.05, 4.69) is 0 Å². The van der Waals surface area contributed by atoms with Crippen molar-refractivity contribution in [2.24, 2.45) is 0 Å². The van der Waals surface area contributed by atoms with Crippen molar-refractivity contribution in [2.45, 2.75) is 64.5 Å². The van der Waals surface area contributed by atoms with E-state index >= 15 is 0 Å². The predicted molar refractivity (Wildman–Crippen MR) is 59.4 cm³/mol. The maximum Gasteiger partial charge on any atom is 0.164 e. The van der Waals surface area contributed by atoms with Crippen LogP contribution >= 0.6 is 0 Å². The zero-order valence-electron chi connectivity index (χ0n) is 11.0. The summed E-state index contributed by atoms with van der Waals surface area (Å²) in [6, 6.07) is 0. The zero-order chi connectivity index (χ0) is 12.8. The van der Waals surface area contributed by atoms with E-state index in [1.165, 1.54) is 6.92 Å². The standard InChI is InChI=1S/C12H20O5/c1-7(13)9-10(17-12(4,5)16-9)8-6-14-11(2,3)15-8/h8-10H,6H2,1-5H3/t8-,9-,10-/m0/s1. The molecule has 17 heavy (non-hydrogen) atoms. The number of hydrogen-bond donors (Lipinski definition) is 0. The molecule has 0 saturated carbocycles. The molecule has 5 heteroatoms. The lowest BCUT2D eigenvalue weighted by molar-refractivity contribution is -0.175. The van der Waals surface area contributed by atoms with Crippen molar-refractivity contribution in [3.05, 3.63) is 0 Å². The molecule has 0 aromatic heterocycles. The number of ketones is 1. The summed E-state index contributed by atoms with van der Waals surface area (Å²) in [5.74, 6) is -1.42. The minimum atomic E-state index is -0.753. The number of hydrogen-bond acceptors (Lipinski definition) is 5. The highest BCUT2D eigenvalue weighted by atomic mass is 16.8. The van der Waals surface area contributed by atoms with Crippen LogP contribution < -0.4 is 0 Å². The third-order valence-electron chi connectivity index (χ3n) is 2.93. The maximum atomic E-state index is 11.6. The van der Waals surface area contributed by atoms with Gasteiger partial charge in [0, 0.05) is 0 Å². The second-order valence-electron chi connectivity index (χ2n) is 5.50. The van der Waals surface area contributed by atoms with Crippen LogP contribution in [0, 0.1) is 0 Å². The van der Waals surface area contributed by atoms with Gasteiger partial charge >= 0.3 is 0 Å². The topological polar surface area (TPSA) is 54.0 Å². The fraction of sp³-hybridized carbons (Fsp3) is 0.917. The van der Waals surface area contributed by atoms with E-state index in [-0.39, 0.29) is 11.9 Å². The predicted octanol–water partition coefficient (Wildman–Crippen LogP) is 1.25. The van der Waals surface area contributed by atoms with E-state index in [1.807, 2.05) is 13.8 Å². The molecular weight excluding hydrogens is 224 g/mol. The molecule has 5 nitrogen and oxygen atoms in total. The Bertz CT molecular complexity index is 323. The Kier molecular flexibility index (Phi) is 3.06. The molecule has 0 radical (unpaired) electrons. The van der Waals surface area contributed by atoms with Gasteiger partial charge in [-0.05, 0) is 34.6 Å². The van der Waals surface area contributed by atoms with Crippen LogP contribution in [-0.2, 0) is 23.7 Å². The second-order valence-corrected chi connectivity index (χ2v) is 5.50. The molecule has 0 aromatic rings. The lowest BCUT2D eigenvalue weighted by atomic mass is 10.1. The molecule has 0 N–H and O–H groups in total. The molecule has 2 fully saturated rings. The molecule has 2 rings (SSSR count). The van der Waals surface area contributed by atoms with Crippen LogP contribution in [0.4, 0.5) is 0 Å². The lowest BCUT2D eigenvalue weighted by Gasteiger charge is -2.22. The van der Waals surface area contributed by atoms with Crippen LogP contribution in [0.5, 0.6) is 0 Å². The van der Waals surface area contributed by atoms with Gasteiger partial charge in [-0.25, -0.2) is 0 Å². The minimum absolute atomic E-state index is 0.0473. The zero-order valence-corrected chi connectivity index (χ0v) is 11.0. The van der Waals surface area contributed by atoms with Gasteiger partial charge in [-0.3, -0.25) is 4.79 Å². The first-order valence-corrected chi connectivity index (χ1v) is 5.88. The van der Waals surface area contributed by atoms with Gasteiger partial charge in [0.1, 0.15) is 18.3 Å². The fourth-order valence-corrected chi connectivity index (χ4v) is 2.25. The van der Waals surface area contributed by atoms with E-state index in [4.69, 9.17) is 18.9 Å². The van der Waals surface area contributed by atoms with Gasteiger partial charge in [-0.1, -0.05) is 0 Å². The van der Waals surface area contributed by atoms with Crippen molar-refractivity contribution < 1.29 is 23.7 Å².